The number of rotatable bonds is 5. The highest BCUT2D eigenvalue weighted by Gasteiger charge is 2.16. The Labute approximate surface area is 122 Å². The van der Waals surface area contributed by atoms with Crippen LogP contribution in [-0.2, 0) is 6.42 Å². The molecular formula is C15H17N3OS. The number of para-hydroxylation sites is 1. The zero-order valence-electron chi connectivity index (χ0n) is 11.5. The van der Waals surface area contributed by atoms with E-state index in [1.807, 2.05) is 36.8 Å². The van der Waals surface area contributed by atoms with Gasteiger partial charge in [-0.05, 0) is 13.1 Å². The lowest BCUT2D eigenvalue weighted by molar-refractivity contribution is 0.401. The van der Waals surface area contributed by atoms with E-state index in [-0.39, 0.29) is 6.04 Å². The fraction of sp³-hybridized carbons (Fsp3) is 0.267. The predicted octanol–water partition coefficient (Wildman–Crippen LogP) is 2.91. The van der Waals surface area contributed by atoms with Gasteiger partial charge in [0.2, 0.25) is 0 Å². The Kier molecular flexibility index (Phi) is 3.71. The first-order valence-electron chi connectivity index (χ1n) is 6.53. The Morgan fingerprint density at radius 2 is 2.25 bits per heavy atom. The molecule has 0 aliphatic rings. The summed E-state index contributed by atoms with van der Waals surface area (Å²) in [5.74, 6) is 0.910. The SMILES string of the molecule is CNC(Cc1cn2ccsc2n1)c1ccccc1OC. The fourth-order valence-electron chi connectivity index (χ4n) is 2.41. The van der Waals surface area contributed by atoms with Gasteiger partial charge in [-0.3, -0.25) is 4.40 Å². The van der Waals surface area contributed by atoms with Crippen LogP contribution in [0.3, 0.4) is 0 Å². The first kappa shape index (κ1) is 13.1. The monoisotopic (exact) mass is 287 g/mol. The lowest BCUT2D eigenvalue weighted by Crippen LogP contribution is -2.19. The summed E-state index contributed by atoms with van der Waals surface area (Å²) in [6.07, 6.45) is 4.96. The van der Waals surface area contributed by atoms with E-state index in [1.165, 1.54) is 0 Å². The van der Waals surface area contributed by atoms with Crippen LogP contribution in [0.15, 0.2) is 42.0 Å². The summed E-state index contributed by atoms with van der Waals surface area (Å²) in [6.45, 7) is 0. The second-order valence-corrected chi connectivity index (χ2v) is 5.49. The maximum Gasteiger partial charge on any atom is 0.193 e. The molecule has 0 saturated carbocycles. The number of imidazole rings is 1. The topological polar surface area (TPSA) is 38.6 Å². The number of nitrogens with one attached hydrogen (secondary N) is 1. The third-order valence-electron chi connectivity index (χ3n) is 3.42. The van der Waals surface area contributed by atoms with Gasteiger partial charge in [0.15, 0.2) is 4.96 Å². The van der Waals surface area contributed by atoms with Crippen molar-refractivity contribution in [3.8, 4) is 5.75 Å². The van der Waals surface area contributed by atoms with E-state index in [0.717, 1.165) is 28.4 Å². The Bertz CT molecular complexity index is 675. The quantitative estimate of drug-likeness (QED) is 0.784. The van der Waals surface area contributed by atoms with E-state index >= 15 is 0 Å². The van der Waals surface area contributed by atoms with Crippen molar-refractivity contribution in [1.29, 1.82) is 0 Å². The Morgan fingerprint density at radius 3 is 3.00 bits per heavy atom. The van der Waals surface area contributed by atoms with Crippen molar-refractivity contribution in [2.45, 2.75) is 12.5 Å². The Morgan fingerprint density at radius 1 is 1.40 bits per heavy atom. The highest BCUT2D eigenvalue weighted by Crippen LogP contribution is 2.27. The molecule has 104 valence electrons. The summed E-state index contributed by atoms with van der Waals surface area (Å²) in [4.78, 5) is 5.68. The van der Waals surface area contributed by atoms with Crippen LogP contribution in [0.2, 0.25) is 0 Å². The summed E-state index contributed by atoms with van der Waals surface area (Å²) in [5.41, 5.74) is 2.25. The summed E-state index contributed by atoms with van der Waals surface area (Å²) in [5, 5.41) is 5.40. The number of fused-ring (bicyclic) bond motifs is 1. The third kappa shape index (κ3) is 2.42. The minimum atomic E-state index is 0.191. The maximum atomic E-state index is 5.45. The second-order valence-electron chi connectivity index (χ2n) is 4.61. The van der Waals surface area contributed by atoms with Crippen LogP contribution in [0, 0.1) is 0 Å². The summed E-state index contributed by atoms with van der Waals surface area (Å²) < 4.78 is 7.51. The zero-order chi connectivity index (χ0) is 13.9. The van der Waals surface area contributed by atoms with Gasteiger partial charge < -0.3 is 10.1 Å². The van der Waals surface area contributed by atoms with Gasteiger partial charge in [0.25, 0.3) is 0 Å². The highest BCUT2D eigenvalue weighted by molar-refractivity contribution is 7.15. The Balaban J connectivity index is 1.88. The first-order valence-corrected chi connectivity index (χ1v) is 7.41. The highest BCUT2D eigenvalue weighted by atomic mass is 32.1. The van der Waals surface area contributed by atoms with Crippen LogP contribution >= 0.6 is 11.3 Å². The standard InChI is InChI=1S/C15H17N3OS/c1-16-13(12-5-3-4-6-14(12)19-2)9-11-10-18-7-8-20-15(18)17-11/h3-8,10,13,16H,9H2,1-2H3. The number of benzene rings is 1. The van der Waals surface area contributed by atoms with Gasteiger partial charge in [-0.2, -0.15) is 0 Å². The smallest absolute Gasteiger partial charge is 0.193 e. The van der Waals surface area contributed by atoms with Gasteiger partial charge >= 0.3 is 0 Å². The van der Waals surface area contributed by atoms with Crippen LogP contribution < -0.4 is 10.1 Å². The van der Waals surface area contributed by atoms with Crippen molar-refractivity contribution in [3.63, 3.8) is 0 Å². The van der Waals surface area contributed by atoms with Crippen molar-refractivity contribution in [3.05, 3.63) is 53.3 Å². The minimum absolute atomic E-state index is 0.191. The molecule has 0 bridgehead atoms. The van der Waals surface area contributed by atoms with Crippen LogP contribution in [0.4, 0.5) is 0 Å². The number of nitrogens with zero attached hydrogens (tertiary/aromatic N) is 2. The van der Waals surface area contributed by atoms with Crippen molar-refractivity contribution in [2.24, 2.45) is 0 Å². The number of hydrogen-bond donors (Lipinski definition) is 1. The van der Waals surface area contributed by atoms with E-state index in [9.17, 15) is 0 Å². The molecule has 0 radical (unpaired) electrons. The molecule has 0 fully saturated rings. The number of methoxy groups -OCH3 is 1. The van der Waals surface area contributed by atoms with E-state index in [4.69, 9.17) is 4.74 Å². The molecule has 0 spiro atoms. The van der Waals surface area contributed by atoms with E-state index < -0.39 is 0 Å². The number of hydrogen-bond acceptors (Lipinski definition) is 4. The molecule has 5 heteroatoms. The second kappa shape index (κ2) is 5.64. The van der Waals surface area contributed by atoms with Crippen molar-refractivity contribution in [2.75, 3.05) is 14.2 Å². The van der Waals surface area contributed by atoms with Gasteiger partial charge in [0, 0.05) is 35.8 Å². The lowest BCUT2D eigenvalue weighted by atomic mass is 10.0. The summed E-state index contributed by atoms with van der Waals surface area (Å²) in [7, 11) is 3.67. The number of likely N-dealkylation sites (N-methyl/N-ethyl adjacent to an activating group) is 1. The molecule has 0 amide bonds. The van der Waals surface area contributed by atoms with Crippen LogP contribution in [0.25, 0.3) is 4.96 Å². The number of thiazole rings is 1. The molecule has 0 saturated heterocycles. The normalized spacial score (nSPS) is 12.7. The maximum absolute atomic E-state index is 5.45. The molecule has 3 rings (SSSR count). The van der Waals surface area contributed by atoms with Crippen molar-refractivity contribution >= 4 is 16.3 Å². The molecule has 3 aromatic rings. The number of aromatic nitrogens is 2. The third-order valence-corrected chi connectivity index (χ3v) is 4.19. The van der Waals surface area contributed by atoms with E-state index in [2.05, 4.69) is 27.0 Å². The van der Waals surface area contributed by atoms with E-state index in [0.29, 0.717) is 0 Å². The lowest BCUT2D eigenvalue weighted by Gasteiger charge is -2.18. The van der Waals surface area contributed by atoms with Gasteiger partial charge in [-0.1, -0.05) is 18.2 Å². The molecule has 2 aromatic heterocycles. The van der Waals surface area contributed by atoms with Crippen LogP contribution in [0.5, 0.6) is 5.75 Å². The van der Waals surface area contributed by atoms with Crippen LogP contribution in [0.1, 0.15) is 17.3 Å². The summed E-state index contributed by atoms with van der Waals surface area (Å²) >= 11 is 1.65. The molecule has 1 aromatic carbocycles. The molecule has 0 aliphatic carbocycles. The van der Waals surface area contributed by atoms with Gasteiger partial charge in [-0.15, -0.1) is 11.3 Å². The molecule has 1 N–H and O–H groups in total. The minimum Gasteiger partial charge on any atom is -0.496 e. The fourth-order valence-corrected chi connectivity index (χ4v) is 3.12. The molecular weight excluding hydrogens is 270 g/mol. The molecule has 1 unspecified atom stereocenters. The van der Waals surface area contributed by atoms with Gasteiger partial charge in [0.05, 0.1) is 12.8 Å². The zero-order valence-corrected chi connectivity index (χ0v) is 12.4. The molecule has 0 aliphatic heterocycles. The van der Waals surface area contributed by atoms with Crippen molar-refractivity contribution in [1.82, 2.24) is 14.7 Å². The van der Waals surface area contributed by atoms with E-state index in [1.54, 1.807) is 18.4 Å². The molecule has 2 heterocycles. The molecule has 1 atom stereocenters. The molecule has 4 nitrogen and oxygen atoms in total. The number of ether oxygens (including phenoxy) is 1. The van der Waals surface area contributed by atoms with Crippen molar-refractivity contribution < 1.29 is 4.74 Å². The average Bonchev–Trinajstić information content (AvgIpc) is 3.05. The summed E-state index contributed by atoms with van der Waals surface area (Å²) in [6, 6.07) is 8.30. The average molecular weight is 287 g/mol. The molecule has 20 heavy (non-hydrogen) atoms. The van der Waals surface area contributed by atoms with Crippen LogP contribution in [-0.4, -0.2) is 23.5 Å². The largest absolute Gasteiger partial charge is 0.496 e. The first-order chi connectivity index (χ1) is 9.81. The predicted molar refractivity (Wildman–Crippen MR) is 81.6 cm³/mol. The Hall–Kier alpha value is -1.85. The van der Waals surface area contributed by atoms with Gasteiger partial charge in [0.1, 0.15) is 5.75 Å². The van der Waals surface area contributed by atoms with Gasteiger partial charge in [-0.25, -0.2) is 4.98 Å².